The Morgan fingerprint density at radius 3 is 2.67 bits per heavy atom. The van der Waals surface area contributed by atoms with Crippen molar-refractivity contribution in [1.29, 1.82) is 5.26 Å². The highest BCUT2D eigenvalue weighted by molar-refractivity contribution is 5.50. The summed E-state index contributed by atoms with van der Waals surface area (Å²) in [5, 5.41) is 9.26. The van der Waals surface area contributed by atoms with Crippen LogP contribution in [0.25, 0.3) is 5.69 Å². The van der Waals surface area contributed by atoms with Crippen molar-refractivity contribution in [2.45, 2.75) is 27.2 Å². The monoisotopic (exact) mass is 239 g/mol. The molecule has 0 N–H and O–H groups in total. The molecule has 1 aromatic carbocycles. The van der Waals surface area contributed by atoms with Crippen LogP contribution in [0.1, 0.15) is 31.9 Å². The molecule has 2 aromatic rings. The molecule has 1 heterocycles. The van der Waals surface area contributed by atoms with E-state index in [-0.39, 0.29) is 5.41 Å². The standard InChI is InChI=1S/C15H17N3/c1-15(2,3)9-12-4-5-14(13(8-12)10-16)18-7-6-17-11-18/h4-8,11H,9H2,1-3H3. The number of nitrogens with zero attached hydrogens (tertiary/aromatic N) is 3. The molecule has 0 bridgehead atoms. The molecule has 0 unspecified atom stereocenters. The summed E-state index contributed by atoms with van der Waals surface area (Å²) in [5.74, 6) is 0. The van der Waals surface area contributed by atoms with E-state index in [1.807, 2.05) is 22.9 Å². The fourth-order valence-corrected chi connectivity index (χ4v) is 2.02. The summed E-state index contributed by atoms with van der Waals surface area (Å²) in [6.45, 7) is 6.59. The number of aromatic nitrogens is 2. The van der Waals surface area contributed by atoms with Gasteiger partial charge in [0.15, 0.2) is 0 Å². The first-order chi connectivity index (χ1) is 8.49. The highest BCUT2D eigenvalue weighted by Crippen LogP contribution is 2.23. The predicted octanol–water partition coefficient (Wildman–Crippen LogP) is 3.33. The zero-order valence-corrected chi connectivity index (χ0v) is 11.0. The van der Waals surface area contributed by atoms with Gasteiger partial charge in [-0.15, -0.1) is 0 Å². The first kappa shape index (κ1) is 12.4. The molecule has 0 saturated carbocycles. The first-order valence-corrected chi connectivity index (χ1v) is 6.01. The number of benzene rings is 1. The molecule has 0 spiro atoms. The van der Waals surface area contributed by atoms with Crippen LogP contribution < -0.4 is 0 Å². The first-order valence-electron chi connectivity index (χ1n) is 6.01. The minimum absolute atomic E-state index is 0.225. The van der Waals surface area contributed by atoms with Crippen molar-refractivity contribution in [1.82, 2.24) is 9.55 Å². The third-order valence-electron chi connectivity index (χ3n) is 2.70. The fraction of sp³-hybridized carbons (Fsp3) is 0.333. The number of rotatable bonds is 2. The van der Waals surface area contributed by atoms with Crippen LogP contribution >= 0.6 is 0 Å². The summed E-state index contributed by atoms with van der Waals surface area (Å²) >= 11 is 0. The summed E-state index contributed by atoms with van der Waals surface area (Å²) in [6.07, 6.45) is 6.23. The van der Waals surface area contributed by atoms with Crippen molar-refractivity contribution in [3.05, 3.63) is 48.0 Å². The van der Waals surface area contributed by atoms with E-state index in [1.165, 1.54) is 5.56 Å². The smallest absolute Gasteiger partial charge is 0.101 e. The van der Waals surface area contributed by atoms with Gasteiger partial charge in [-0.2, -0.15) is 5.26 Å². The SMILES string of the molecule is CC(C)(C)Cc1ccc(-n2ccnc2)c(C#N)c1. The summed E-state index contributed by atoms with van der Waals surface area (Å²) < 4.78 is 1.86. The molecular weight excluding hydrogens is 222 g/mol. The normalized spacial score (nSPS) is 11.2. The van der Waals surface area contributed by atoms with Gasteiger partial charge in [-0.1, -0.05) is 26.8 Å². The average molecular weight is 239 g/mol. The summed E-state index contributed by atoms with van der Waals surface area (Å²) in [7, 11) is 0. The summed E-state index contributed by atoms with van der Waals surface area (Å²) in [5.41, 5.74) is 2.99. The van der Waals surface area contributed by atoms with Crippen LogP contribution in [0.3, 0.4) is 0 Å². The second-order valence-corrected chi connectivity index (χ2v) is 5.67. The van der Waals surface area contributed by atoms with Gasteiger partial charge in [-0.3, -0.25) is 0 Å². The summed E-state index contributed by atoms with van der Waals surface area (Å²) in [6, 6.07) is 8.31. The van der Waals surface area contributed by atoms with Gasteiger partial charge >= 0.3 is 0 Å². The number of hydrogen-bond donors (Lipinski definition) is 0. The molecule has 1 aromatic heterocycles. The van der Waals surface area contributed by atoms with E-state index in [4.69, 9.17) is 0 Å². The lowest BCUT2D eigenvalue weighted by Gasteiger charge is -2.18. The molecule has 92 valence electrons. The zero-order valence-electron chi connectivity index (χ0n) is 11.0. The van der Waals surface area contributed by atoms with Crippen molar-refractivity contribution in [2.75, 3.05) is 0 Å². The largest absolute Gasteiger partial charge is 0.305 e. The lowest BCUT2D eigenvalue weighted by molar-refractivity contribution is 0.411. The highest BCUT2D eigenvalue weighted by atomic mass is 15.0. The molecule has 0 fully saturated rings. The fourth-order valence-electron chi connectivity index (χ4n) is 2.02. The predicted molar refractivity (Wildman–Crippen MR) is 71.4 cm³/mol. The zero-order chi connectivity index (χ0) is 13.2. The average Bonchev–Trinajstić information content (AvgIpc) is 2.80. The molecule has 0 aliphatic carbocycles. The van der Waals surface area contributed by atoms with E-state index in [0.29, 0.717) is 5.56 Å². The Labute approximate surface area is 108 Å². The van der Waals surface area contributed by atoms with Crippen molar-refractivity contribution in [3.8, 4) is 11.8 Å². The van der Waals surface area contributed by atoms with Crippen molar-refractivity contribution in [2.24, 2.45) is 5.41 Å². The molecular formula is C15H17N3. The summed E-state index contributed by atoms with van der Waals surface area (Å²) in [4.78, 5) is 4.01. The van der Waals surface area contributed by atoms with E-state index in [9.17, 15) is 5.26 Å². The van der Waals surface area contributed by atoms with E-state index < -0.39 is 0 Å². The molecule has 2 rings (SSSR count). The van der Waals surface area contributed by atoms with Crippen molar-refractivity contribution < 1.29 is 0 Å². The molecule has 0 amide bonds. The number of hydrogen-bond acceptors (Lipinski definition) is 2. The second-order valence-electron chi connectivity index (χ2n) is 5.67. The maximum atomic E-state index is 9.26. The number of nitriles is 1. The quantitative estimate of drug-likeness (QED) is 0.806. The van der Waals surface area contributed by atoms with Gasteiger partial charge in [-0.25, -0.2) is 4.98 Å². The highest BCUT2D eigenvalue weighted by Gasteiger charge is 2.13. The molecule has 0 atom stereocenters. The maximum Gasteiger partial charge on any atom is 0.101 e. The van der Waals surface area contributed by atoms with Crippen LogP contribution in [0.2, 0.25) is 0 Å². The van der Waals surface area contributed by atoms with Crippen LogP contribution in [0, 0.1) is 16.7 Å². The third-order valence-corrected chi connectivity index (χ3v) is 2.70. The Hall–Kier alpha value is -2.08. The molecule has 3 nitrogen and oxygen atoms in total. The Morgan fingerprint density at radius 2 is 2.11 bits per heavy atom. The van der Waals surface area contributed by atoms with E-state index in [0.717, 1.165) is 12.1 Å². The van der Waals surface area contributed by atoms with Crippen molar-refractivity contribution in [3.63, 3.8) is 0 Å². The van der Waals surface area contributed by atoms with Crippen LogP contribution in [-0.2, 0) is 6.42 Å². The van der Waals surface area contributed by atoms with E-state index in [2.05, 4.69) is 37.9 Å². The molecule has 0 aliphatic rings. The minimum atomic E-state index is 0.225. The van der Waals surface area contributed by atoms with Gasteiger partial charge in [-0.05, 0) is 29.5 Å². The minimum Gasteiger partial charge on any atom is -0.305 e. The molecule has 3 heteroatoms. The molecule has 0 radical (unpaired) electrons. The van der Waals surface area contributed by atoms with Crippen molar-refractivity contribution >= 4 is 0 Å². The lowest BCUT2D eigenvalue weighted by Crippen LogP contribution is -2.09. The Bertz CT molecular complexity index is 569. The third kappa shape index (κ3) is 2.78. The van der Waals surface area contributed by atoms with E-state index in [1.54, 1.807) is 12.5 Å². The van der Waals surface area contributed by atoms with Crippen LogP contribution in [-0.4, -0.2) is 9.55 Å². The van der Waals surface area contributed by atoms with Gasteiger partial charge in [0, 0.05) is 12.4 Å². The maximum absolute atomic E-state index is 9.26. The molecule has 0 saturated heterocycles. The van der Waals surface area contributed by atoms with Gasteiger partial charge < -0.3 is 4.57 Å². The Balaban J connectivity index is 2.39. The Morgan fingerprint density at radius 1 is 1.33 bits per heavy atom. The van der Waals surface area contributed by atoms with Gasteiger partial charge in [0.25, 0.3) is 0 Å². The van der Waals surface area contributed by atoms with Crippen LogP contribution in [0.5, 0.6) is 0 Å². The van der Waals surface area contributed by atoms with Crippen LogP contribution in [0.4, 0.5) is 0 Å². The molecule has 0 aliphatic heterocycles. The second kappa shape index (κ2) is 4.66. The Kier molecular flexibility index (Phi) is 3.20. The van der Waals surface area contributed by atoms with Gasteiger partial charge in [0.2, 0.25) is 0 Å². The topological polar surface area (TPSA) is 41.6 Å². The van der Waals surface area contributed by atoms with Gasteiger partial charge in [0.1, 0.15) is 6.07 Å². The van der Waals surface area contributed by atoms with E-state index >= 15 is 0 Å². The van der Waals surface area contributed by atoms with Gasteiger partial charge in [0.05, 0.1) is 17.6 Å². The van der Waals surface area contributed by atoms with Crippen LogP contribution in [0.15, 0.2) is 36.9 Å². The lowest BCUT2D eigenvalue weighted by atomic mass is 9.87. The molecule has 18 heavy (non-hydrogen) atoms. The number of imidazole rings is 1.